The van der Waals surface area contributed by atoms with Gasteiger partial charge in [0.1, 0.15) is 0 Å². The molecule has 0 spiro atoms. The second-order valence-electron chi connectivity index (χ2n) is 4.87. The van der Waals surface area contributed by atoms with E-state index < -0.39 is 0 Å². The predicted molar refractivity (Wildman–Crippen MR) is 59.5 cm³/mol. The summed E-state index contributed by atoms with van der Waals surface area (Å²) in [6.07, 6.45) is 4.37. The Hall–Kier alpha value is -0.940. The fourth-order valence-corrected chi connectivity index (χ4v) is 2.63. The molecule has 2 rings (SSSR count). The third kappa shape index (κ3) is 2.25. The smallest absolute Gasteiger partial charge is 0.244 e. The molecule has 1 aliphatic heterocycles. The predicted octanol–water partition coefficient (Wildman–Crippen LogP) is -0.397. The summed E-state index contributed by atoms with van der Waals surface area (Å²) in [4.78, 5) is 24.7. The van der Waals surface area contributed by atoms with E-state index in [1.54, 1.807) is 0 Å². The van der Waals surface area contributed by atoms with E-state index in [9.17, 15) is 9.59 Å². The van der Waals surface area contributed by atoms with E-state index in [0.29, 0.717) is 18.5 Å². The molecule has 1 atom stereocenters. The number of carbonyl (C=O) groups is 2. The Balaban J connectivity index is 1.94. The molecule has 1 saturated heterocycles. The molecule has 1 aliphatic carbocycles. The van der Waals surface area contributed by atoms with E-state index >= 15 is 0 Å². The molecule has 0 aromatic carbocycles. The Kier molecular flexibility index (Phi) is 3.25. The van der Waals surface area contributed by atoms with Crippen LogP contribution in [0.5, 0.6) is 0 Å². The molecule has 90 valence electrons. The first-order valence-electron chi connectivity index (χ1n) is 5.89. The first-order chi connectivity index (χ1) is 7.58. The van der Waals surface area contributed by atoms with Gasteiger partial charge in [-0.25, -0.2) is 0 Å². The number of imide groups is 1. The fourth-order valence-electron chi connectivity index (χ4n) is 2.63. The normalized spacial score (nSPS) is 35.6. The maximum atomic E-state index is 11.5. The number of nitrogens with zero attached hydrogens (tertiary/aromatic N) is 1. The van der Waals surface area contributed by atoms with Crippen LogP contribution in [0.3, 0.4) is 0 Å². The van der Waals surface area contributed by atoms with Crippen molar-refractivity contribution >= 4 is 11.8 Å². The Morgan fingerprint density at radius 3 is 2.38 bits per heavy atom. The number of amides is 2. The van der Waals surface area contributed by atoms with Gasteiger partial charge in [-0.2, -0.15) is 0 Å². The van der Waals surface area contributed by atoms with Crippen molar-refractivity contribution in [2.45, 2.75) is 50.2 Å². The van der Waals surface area contributed by atoms with E-state index in [4.69, 9.17) is 5.73 Å². The number of carbonyl (C=O) groups excluding carboxylic acids is 2. The molecule has 0 radical (unpaired) electrons. The molecule has 5 nitrogen and oxygen atoms in total. The zero-order valence-corrected chi connectivity index (χ0v) is 9.61. The van der Waals surface area contributed by atoms with Crippen molar-refractivity contribution in [1.82, 2.24) is 10.2 Å². The summed E-state index contributed by atoms with van der Waals surface area (Å²) >= 11 is 0. The highest BCUT2D eigenvalue weighted by Gasteiger charge is 2.37. The van der Waals surface area contributed by atoms with Crippen LogP contribution in [0.4, 0.5) is 0 Å². The number of likely N-dealkylation sites (N-methyl/N-ethyl adjacent to an activating group) is 1. The van der Waals surface area contributed by atoms with Gasteiger partial charge in [0.2, 0.25) is 11.8 Å². The maximum Gasteiger partial charge on any atom is 0.244 e. The van der Waals surface area contributed by atoms with Gasteiger partial charge in [-0.05, 0) is 32.7 Å². The second-order valence-corrected chi connectivity index (χ2v) is 4.87. The Bertz CT molecular complexity index is 298. The van der Waals surface area contributed by atoms with E-state index in [2.05, 4.69) is 5.32 Å². The average Bonchev–Trinajstić information content (AvgIpc) is 2.58. The second kappa shape index (κ2) is 4.51. The molecule has 0 bridgehead atoms. The van der Waals surface area contributed by atoms with Crippen LogP contribution >= 0.6 is 0 Å². The van der Waals surface area contributed by atoms with Crippen molar-refractivity contribution in [3.63, 3.8) is 0 Å². The minimum Gasteiger partial charge on any atom is -0.328 e. The molecule has 2 fully saturated rings. The van der Waals surface area contributed by atoms with Crippen LogP contribution in [0.1, 0.15) is 32.1 Å². The highest BCUT2D eigenvalue weighted by molar-refractivity contribution is 6.05. The third-order valence-electron chi connectivity index (χ3n) is 3.75. The van der Waals surface area contributed by atoms with Crippen molar-refractivity contribution in [2.75, 3.05) is 7.05 Å². The van der Waals surface area contributed by atoms with Crippen LogP contribution in [-0.4, -0.2) is 41.9 Å². The molecular weight excluding hydrogens is 206 g/mol. The molecule has 5 heteroatoms. The largest absolute Gasteiger partial charge is 0.328 e. The zero-order chi connectivity index (χ0) is 11.7. The first-order valence-corrected chi connectivity index (χ1v) is 5.89. The van der Waals surface area contributed by atoms with Gasteiger partial charge in [-0.1, -0.05) is 0 Å². The number of hydrogen-bond acceptors (Lipinski definition) is 4. The summed E-state index contributed by atoms with van der Waals surface area (Å²) in [7, 11) is 1.93. The summed E-state index contributed by atoms with van der Waals surface area (Å²) in [6, 6.07) is 0.428. The van der Waals surface area contributed by atoms with E-state index in [1.807, 2.05) is 11.9 Å². The number of rotatable bonds is 2. The van der Waals surface area contributed by atoms with Crippen LogP contribution in [0, 0.1) is 0 Å². The van der Waals surface area contributed by atoms with E-state index in [1.165, 1.54) is 0 Å². The number of hydrogen-bond donors (Lipinski definition) is 2. The van der Waals surface area contributed by atoms with Crippen molar-refractivity contribution < 1.29 is 9.59 Å². The van der Waals surface area contributed by atoms with Crippen LogP contribution in [0.25, 0.3) is 0 Å². The van der Waals surface area contributed by atoms with Crippen LogP contribution in [0.15, 0.2) is 0 Å². The molecule has 1 unspecified atom stereocenters. The number of nitrogens with one attached hydrogen (secondary N) is 1. The monoisotopic (exact) mass is 225 g/mol. The molecule has 16 heavy (non-hydrogen) atoms. The van der Waals surface area contributed by atoms with Crippen molar-refractivity contribution in [3.05, 3.63) is 0 Å². The van der Waals surface area contributed by atoms with Gasteiger partial charge in [-0.15, -0.1) is 0 Å². The Morgan fingerprint density at radius 2 is 1.88 bits per heavy atom. The summed E-state index contributed by atoms with van der Waals surface area (Å²) in [5, 5.41) is 2.35. The summed E-state index contributed by atoms with van der Waals surface area (Å²) in [5.41, 5.74) is 5.85. The lowest BCUT2D eigenvalue weighted by atomic mass is 9.90. The van der Waals surface area contributed by atoms with Gasteiger partial charge >= 0.3 is 0 Å². The standard InChI is InChI=1S/C11H19N3O2/c1-14(8-4-2-7(12)3-5-8)9-6-10(15)13-11(9)16/h7-9H,2-6,12H2,1H3,(H,13,15,16). The minimum absolute atomic E-state index is 0.151. The van der Waals surface area contributed by atoms with Gasteiger partial charge in [0.15, 0.2) is 0 Å². The van der Waals surface area contributed by atoms with Gasteiger partial charge in [0.25, 0.3) is 0 Å². The molecule has 1 saturated carbocycles. The highest BCUT2D eigenvalue weighted by atomic mass is 16.2. The molecule has 2 aliphatic rings. The van der Waals surface area contributed by atoms with Gasteiger partial charge in [0.05, 0.1) is 12.5 Å². The summed E-state index contributed by atoms with van der Waals surface area (Å²) in [6.45, 7) is 0. The molecule has 3 N–H and O–H groups in total. The van der Waals surface area contributed by atoms with Gasteiger partial charge < -0.3 is 5.73 Å². The van der Waals surface area contributed by atoms with Gasteiger partial charge in [-0.3, -0.25) is 19.8 Å². The maximum absolute atomic E-state index is 11.5. The first kappa shape index (κ1) is 11.5. The van der Waals surface area contributed by atoms with Crippen LogP contribution in [-0.2, 0) is 9.59 Å². The van der Waals surface area contributed by atoms with Crippen molar-refractivity contribution in [2.24, 2.45) is 5.73 Å². The lowest BCUT2D eigenvalue weighted by molar-refractivity contribution is -0.126. The van der Waals surface area contributed by atoms with Crippen LogP contribution in [0.2, 0.25) is 0 Å². The molecule has 0 aromatic rings. The molecule has 0 aromatic heterocycles. The summed E-state index contributed by atoms with van der Waals surface area (Å²) < 4.78 is 0. The van der Waals surface area contributed by atoms with Crippen LogP contribution < -0.4 is 11.1 Å². The molecular formula is C11H19N3O2. The topological polar surface area (TPSA) is 75.4 Å². The quantitative estimate of drug-likeness (QED) is 0.627. The molecule has 1 heterocycles. The lowest BCUT2D eigenvalue weighted by Gasteiger charge is -2.35. The van der Waals surface area contributed by atoms with Gasteiger partial charge in [0, 0.05) is 12.1 Å². The van der Waals surface area contributed by atoms with Crippen molar-refractivity contribution in [3.8, 4) is 0 Å². The number of nitrogens with two attached hydrogens (primary N) is 1. The molecule has 2 amide bonds. The minimum atomic E-state index is -0.271. The zero-order valence-electron chi connectivity index (χ0n) is 9.61. The fraction of sp³-hybridized carbons (Fsp3) is 0.818. The third-order valence-corrected chi connectivity index (χ3v) is 3.75. The average molecular weight is 225 g/mol. The van der Waals surface area contributed by atoms with E-state index in [0.717, 1.165) is 25.7 Å². The lowest BCUT2D eigenvalue weighted by Crippen LogP contribution is -2.46. The SMILES string of the molecule is CN(C1CCC(N)CC1)C1CC(=O)NC1=O. The Labute approximate surface area is 95.3 Å². The highest BCUT2D eigenvalue weighted by Crippen LogP contribution is 2.24. The summed E-state index contributed by atoms with van der Waals surface area (Å²) in [5.74, 6) is -0.309. The van der Waals surface area contributed by atoms with E-state index in [-0.39, 0.29) is 17.9 Å². The van der Waals surface area contributed by atoms with Crippen molar-refractivity contribution in [1.29, 1.82) is 0 Å². The Morgan fingerprint density at radius 1 is 1.25 bits per heavy atom.